The number of benzene rings is 1. The number of sulfonamides is 1. The molecule has 3 aromatic heterocycles. The minimum atomic E-state index is -3.73. The molecule has 0 amide bonds. The summed E-state index contributed by atoms with van der Waals surface area (Å²) < 4.78 is 35.5. The Morgan fingerprint density at radius 3 is 2.48 bits per heavy atom. The Bertz CT molecular complexity index is 1550. The number of fused-ring (bicyclic) bond motifs is 1. The fourth-order valence-electron chi connectivity index (χ4n) is 3.43. The molecule has 0 bridgehead atoms. The number of nitrogens with zero attached hydrogens (tertiary/aromatic N) is 3. The van der Waals surface area contributed by atoms with Crippen molar-refractivity contribution in [1.82, 2.24) is 23.8 Å². The number of aryl methyl sites for hydroxylation is 2. The van der Waals surface area contributed by atoms with Gasteiger partial charge >= 0.3 is 5.69 Å². The first-order valence-corrected chi connectivity index (χ1v) is 11.6. The van der Waals surface area contributed by atoms with E-state index >= 15 is 0 Å². The van der Waals surface area contributed by atoms with Gasteiger partial charge in [-0.3, -0.25) is 13.9 Å². The number of hydrogen-bond acceptors (Lipinski definition) is 6. The molecule has 11 heteroatoms. The van der Waals surface area contributed by atoms with Crippen molar-refractivity contribution >= 4 is 21.1 Å². The van der Waals surface area contributed by atoms with Crippen LogP contribution in [0.5, 0.6) is 5.88 Å². The lowest BCUT2D eigenvalue weighted by Gasteiger charge is -2.09. The van der Waals surface area contributed by atoms with Gasteiger partial charge in [-0.1, -0.05) is 12.1 Å². The number of H-pyrrole nitrogens is 1. The van der Waals surface area contributed by atoms with Gasteiger partial charge in [0, 0.05) is 38.6 Å². The van der Waals surface area contributed by atoms with Gasteiger partial charge in [0.15, 0.2) is 0 Å². The van der Waals surface area contributed by atoms with Gasteiger partial charge < -0.3 is 9.72 Å². The van der Waals surface area contributed by atoms with Crippen LogP contribution >= 0.6 is 0 Å². The second-order valence-corrected chi connectivity index (χ2v) is 9.36. The van der Waals surface area contributed by atoms with E-state index in [-0.39, 0.29) is 18.0 Å². The first kappa shape index (κ1) is 22.5. The van der Waals surface area contributed by atoms with Crippen LogP contribution in [0.1, 0.15) is 5.56 Å². The number of aromatic nitrogens is 4. The lowest BCUT2D eigenvalue weighted by molar-refractivity contribution is 0.310. The maximum atomic E-state index is 12.6. The van der Waals surface area contributed by atoms with Crippen molar-refractivity contribution < 1.29 is 13.2 Å². The Labute approximate surface area is 189 Å². The van der Waals surface area contributed by atoms with Gasteiger partial charge in [0.1, 0.15) is 12.1 Å². The highest BCUT2D eigenvalue weighted by Crippen LogP contribution is 2.23. The fraction of sp³-hybridized carbons (Fsp3) is 0.227. The average Bonchev–Trinajstić information content (AvgIpc) is 3.25. The van der Waals surface area contributed by atoms with Crippen LogP contribution in [0.4, 0.5) is 0 Å². The predicted molar refractivity (Wildman–Crippen MR) is 124 cm³/mol. The minimum Gasteiger partial charge on any atom is -0.476 e. The van der Waals surface area contributed by atoms with Crippen LogP contribution in [-0.4, -0.2) is 40.7 Å². The van der Waals surface area contributed by atoms with E-state index < -0.39 is 21.3 Å². The van der Waals surface area contributed by atoms with Crippen LogP contribution < -0.4 is 20.7 Å². The monoisotopic (exact) mass is 469 g/mol. The molecule has 0 radical (unpaired) electrons. The third kappa shape index (κ3) is 4.45. The standard InChI is InChI=1S/C22H23N5O5S/c1-14-8-9-23-19(12-14)32-11-10-24-33(30,31)16-6-4-15(5-7-16)17-13-18-20(25-17)21(28)27(3)22(29)26(18)2/h4-9,12-13,24-25H,10-11H2,1-3H3. The summed E-state index contributed by atoms with van der Waals surface area (Å²) in [6.45, 7) is 2.13. The maximum absolute atomic E-state index is 12.6. The van der Waals surface area contributed by atoms with Gasteiger partial charge in [-0.05, 0) is 42.3 Å². The highest BCUT2D eigenvalue weighted by molar-refractivity contribution is 7.89. The summed E-state index contributed by atoms with van der Waals surface area (Å²) >= 11 is 0. The molecule has 0 aliphatic heterocycles. The van der Waals surface area contributed by atoms with E-state index in [0.717, 1.165) is 10.1 Å². The van der Waals surface area contributed by atoms with E-state index in [9.17, 15) is 18.0 Å². The van der Waals surface area contributed by atoms with E-state index in [4.69, 9.17) is 4.74 Å². The molecule has 0 fully saturated rings. The SMILES string of the molecule is Cc1ccnc(OCCNS(=O)(=O)c2ccc(-c3cc4c([nH]3)c(=O)n(C)c(=O)n4C)cc2)c1. The Kier molecular flexibility index (Phi) is 5.91. The van der Waals surface area contributed by atoms with E-state index in [1.807, 2.05) is 13.0 Å². The summed E-state index contributed by atoms with van der Waals surface area (Å²) in [6.07, 6.45) is 1.63. The average molecular weight is 470 g/mol. The molecule has 0 atom stereocenters. The minimum absolute atomic E-state index is 0.0824. The molecule has 172 valence electrons. The van der Waals surface area contributed by atoms with Gasteiger partial charge in [0.25, 0.3) is 5.56 Å². The van der Waals surface area contributed by atoms with Gasteiger partial charge in [0.2, 0.25) is 15.9 Å². The lowest BCUT2D eigenvalue weighted by Crippen LogP contribution is -2.36. The number of pyridine rings is 1. The third-order valence-electron chi connectivity index (χ3n) is 5.26. The molecule has 0 aliphatic rings. The summed E-state index contributed by atoms with van der Waals surface area (Å²) in [6, 6.07) is 11.5. The van der Waals surface area contributed by atoms with Gasteiger partial charge in [-0.15, -0.1) is 0 Å². The highest BCUT2D eigenvalue weighted by atomic mass is 32.2. The summed E-state index contributed by atoms with van der Waals surface area (Å²) in [5.74, 6) is 0.434. The first-order valence-electron chi connectivity index (χ1n) is 10.1. The molecule has 4 aromatic rings. The largest absolute Gasteiger partial charge is 0.476 e. The number of ether oxygens (including phenoxy) is 1. The quantitative estimate of drug-likeness (QED) is 0.393. The topological polar surface area (TPSA) is 128 Å². The molecule has 0 aliphatic carbocycles. The van der Waals surface area contributed by atoms with Crippen molar-refractivity contribution in [3.63, 3.8) is 0 Å². The zero-order valence-electron chi connectivity index (χ0n) is 18.3. The van der Waals surface area contributed by atoms with Crippen molar-refractivity contribution in [2.75, 3.05) is 13.2 Å². The first-order chi connectivity index (χ1) is 15.7. The van der Waals surface area contributed by atoms with E-state index in [2.05, 4.69) is 14.7 Å². The molecular weight excluding hydrogens is 446 g/mol. The van der Waals surface area contributed by atoms with Gasteiger partial charge in [-0.25, -0.2) is 22.9 Å². The molecule has 2 N–H and O–H groups in total. The zero-order valence-corrected chi connectivity index (χ0v) is 19.1. The third-order valence-corrected chi connectivity index (χ3v) is 6.74. The molecule has 33 heavy (non-hydrogen) atoms. The molecule has 3 heterocycles. The maximum Gasteiger partial charge on any atom is 0.331 e. The Hall–Kier alpha value is -3.70. The Morgan fingerprint density at radius 2 is 1.79 bits per heavy atom. The number of hydrogen-bond donors (Lipinski definition) is 2. The summed E-state index contributed by atoms with van der Waals surface area (Å²) in [7, 11) is -0.729. The van der Waals surface area contributed by atoms with Crippen molar-refractivity contribution in [3.05, 3.63) is 75.1 Å². The van der Waals surface area contributed by atoms with Crippen molar-refractivity contribution in [1.29, 1.82) is 0 Å². The number of aromatic amines is 1. The Balaban J connectivity index is 1.48. The summed E-state index contributed by atoms with van der Waals surface area (Å²) in [5.41, 5.74) is 2.19. The molecule has 0 saturated carbocycles. The fourth-order valence-corrected chi connectivity index (χ4v) is 4.44. The normalized spacial score (nSPS) is 11.7. The highest BCUT2D eigenvalue weighted by Gasteiger charge is 2.16. The molecule has 0 unspecified atom stereocenters. The van der Waals surface area contributed by atoms with Crippen LogP contribution in [-0.2, 0) is 24.1 Å². The molecule has 4 rings (SSSR count). The molecular formula is C22H23N5O5S. The molecule has 0 spiro atoms. The lowest BCUT2D eigenvalue weighted by atomic mass is 10.1. The second-order valence-electron chi connectivity index (χ2n) is 7.59. The van der Waals surface area contributed by atoms with Crippen LogP contribution in [0.2, 0.25) is 0 Å². The zero-order chi connectivity index (χ0) is 23.8. The number of rotatable bonds is 7. The van der Waals surface area contributed by atoms with Gasteiger partial charge in [0.05, 0.1) is 10.4 Å². The molecule has 0 saturated heterocycles. The number of nitrogens with one attached hydrogen (secondary N) is 2. The summed E-state index contributed by atoms with van der Waals surface area (Å²) in [4.78, 5) is 31.7. The van der Waals surface area contributed by atoms with E-state index in [1.165, 1.54) is 23.7 Å². The van der Waals surface area contributed by atoms with E-state index in [0.29, 0.717) is 28.2 Å². The second kappa shape index (κ2) is 8.68. The Morgan fingerprint density at radius 1 is 1.06 bits per heavy atom. The van der Waals surface area contributed by atoms with Crippen LogP contribution in [0.15, 0.2) is 63.1 Å². The van der Waals surface area contributed by atoms with Crippen molar-refractivity contribution in [3.8, 4) is 17.1 Å². The van der Waals surface area contributed by atoms with Crippen LogP contribution in [0.3, 0.4) is 0 Å². The molecule has 1 aromatic carbocycles. The predicted octanol–water partition coefficient (Wildman–Crippen LogP) is 1.29. The van der Waals surface area contributed by atoms with Crippen molar-refractivity contribution in [2.24, 2.45) is 14.1 Å². The summed E-state index contributed by atoms with van der Waals surface area (Å²) in [5, 5.41) is 0. The van der Waals surface area contributed by atoms with Crippen molar-refractivity contribution in [2.45, 2.75) is 11.8 Å². The van der Waals surface area contributed by atoms with E-state index in [1.54, 1.807) is 37.5 Å². The van der Waals surface area contributed by atoms with Crippen LogP contribution in [0, 0.1) is 6.92 Å². The molecule has 10 nitrogen and oxygen atoms in total. The van der Waals surface area contributed by atoms with Gasteiger partial charge in [-0.2, -0.15) is 0 Å². The van der Waals surface area contributed by atoms with Crippen LogP contribution in [0.25, 0.3) is 22.3 Å². The smallest absolute Gasteiger partial charge is 0.331 e.